The molecule has 3 aromatic rings. The van der Waals surface area contributed by atoms with Gasteiger partial charge in [-0.15, -0.1) is 5.10 Å². The predicted octanol–water partition coefficient (Wildman–Crippen LogP) is 3.64. The molecule has 0 aromatic carbocycles. The summed E-state index contributed by atoms with van der Waals surface area (Å²) in [7, 11) is 0. The Bertz CT molecular complexity index is 1010. The molecule has 1 saturated heterocycles. The standard InChI is InChI=1S/C20H21N7/c1-13(2)15-7-20(26-23-10-15)25-19-4-3-17-18(24-19)8-16(11-22-17)27-6-5-14(9-21)12-27/h3-4,7-8,10-11,13-14H,5-6,12H2,1-2H3,(H,24,25,26). The zero-order valence-corrected chi connectivity index (χ0v) is 15.4. The molecule has 1 N–H and O–H groups in total. The molecule has 1 fully saturated rings. The summed E-state index contributed by atoms with van der Waals surface area (Å²) in [5, 5.41) is 20.5. The van der Waals surface area contributed by atoms with E-state index >= 15 is 0 Å². The Hall–Kier alpha value is -3.27. The lowest BCUT2D eigenvalue weighted by Crippen LogP contribution is -2.19. The summed E-state index contributed by atoms with van der Waals surface area (Å²) in [5.41, 5.74) is 3.78. The lowest BCUT2D eigenvalue weighted by Gasteiger charge is -2.17. The van der Waals surface area contributed by atoms with Gasteiger partial charge in [-0.3, -0.25) is 4.98 Å². The van der Waals surface area contributed by atoms with Gasteiger partial charge in [0, 0.05) is 13.1 Å². The summed E-state index contributed by atoms with van der Waals surface area (Å²) < 4.78 is 0. The van der Waals surface area contributed by atoms with E-state index in [2.05, 4.69) is 50.3 Å². The van der Waals surface area contributed by atoms with Gasteiger partial charge in [-0.05, 0) is 42.2 Å². The molecule has 136 valence electrons. The van der Waals surface area contributed by atoms with E-state index in [4.69, 9.17) is 5.26 Å². The Labute approximate surface area is 158 Å². The number of anilines is 3. The van der Waals surface area contributed by atoms with Gasteiger partial charge in [0.25, 0.3) is 0 Å². The first-order valence-electron chi connectivity index (χ1n) is 9.13. The molecular formula is C20H21N7. The zero-order valence-electron chi connectivity index (χ0n) is 15.4. The molecule has 1 aliphatic heterocycles. The summed E-state index contributed by atoms with van der Waals surface area (Å²) in [4.78, 5) is 11.4. The van der Waals surface area contributed by atoms with Gasteiger partial charge < -0.3 is 10.2 Å². The van der Waals surface area contributed by atoms with E-state index in [9.17, 15) is 0 Å². The molecule has 1 unspecified atom stereocenters. The van der Waals surface area contributed by atoms with Gasteiger partial charge in [0.05, 0.1) is 41.1 Å². The van der Waals surface area contributed by atoms with Crippen LogP contribution in [0.5, 0.6) is 0 Å². The number of rotatable bonds is 4. The smallest absolute Gasteiger partial charge is 0.154 e. The van der Waals surface area contributed by atoms with Gasteiger partial charge in [-0.2, -0.15) is 10.4 Å². The maximum atomic E-state index is 9.11. The minimum absolute atomic E-state index is 0.0912. The monoisotopic (exact) mass is 359 g/mol. The molecule has 0 amide bonds. The third kappa shape index (κ3) is 3.65. The van der Waals surface area contributed by atoms with E-state index in [1.54, 1.807) is 6.20 Å². The zero-order chi connectivity index (χ0) is 18.8. The van der Waals surface area contributed by atoms with Crippen LogP contribution in [0.2, 0.25) is 0 Å². The summed E-state index contributed by atoms with van der Waals surface area (Å²) in [5.74, 6) is 1.85. The van der Waals surface area contributed by atoms with Crippen LogP contribution in [-0.2, 0) is 0 Å². The van der Waals surface area contributed by atoms with Crippen LogP contribution >= 0.6 is 0 Å². The maximum absolute atomic E-state index is 9.11. The van der Waals surface area contributed by atoms with Gasteiger partial charge in [-0.25, -0.2) is 4.98 Å². The van der Waals surface area contributed by atoms with Gasteiger partial charge in [0.1, 0.15) is 5.82 Å². The highest BCUT2D eigenvalue weighted by molar-refractivity contribution is 5.80. The van der Waals surface area contributed by atoms with E-state index in [0.717, 1.165) is 41.8 Å². The van der Waals surface area contributed by atoms with E-state index in [1.807, 2.05) is 30.5 Å². The molecule has 0 spiro atoms. The minimum Gasteiger partial charge on any atom is -0.369 e. The highest BCUT2D eigenvalue weighted by Gasteiger charge is 2.22. The number of nitriles is 1. The van der Waals surface area contributed by atoms with Gasteiger partial charge in [-0.1, -0.05) is 13.8 Å². The van der Waals surface area contributed by atoms with E-state index in [-0.39, 0.29) is 5.92 Å². The third-order valence-corrected chi connectivity index (χ3v) is 4.86. The molecule has 0 bridgehead atoms. The van der Waals surface area contributed by atoms with Crippen molar-refractivity contribution >= 4 is 28.4 Å². The average Bonchev–Trinajstić information content (AvgIpc) is 3.17. The molecule has 3 aromatic heterocycles. The molecule has 27 heavy (non-hydrogen) atoms. The van der Waals surface area contributed by atoms with Crippen LogP contribution in [0.3, 0.4) is 0 Å². The molecule has 0 saturated carbocycles. The Morgan fingerprint density at radius 1 is 1.19 bits per heavy atom. The fourth-order valence-corrected chi connectivity index (χ4v) is 3.23. The second kappa shape index (κ2) is 7.16. The van der Waals surface area contributed by atoms with E-state index < -0.39 is 0 Å². The van der Waals surface area contributed by atoms with Crippen molar-refractivity contribution in [2.75, 3.05) is 23.3 Å². The first-order chi connectivity index (χ1) is 13.1. The number of aromatic nitrogens is 4. The van der Waals surface area contributed by atoms with Crippen LogP contribution in [0.1, 0.15) is 31.7 Å². The van der Waals surface area contributed by atoms with Crippen molar-refractivity contribution in [2.24, 2.45) is 5.92 Å². The van der Waals surface area contributed by atoms with Gasteiger partial charge in [0.15, 0.2) is 5.82 Å². The number of hydrogen-bond acceptors (Lipinski definition) is 7. The van der Waals surface area contributed by atoms with Crippen molar-refractivity contribution in [1.82, 2.24) is 20.2 Å². The Balaban J connectivity index is 1.60. The SMILES string of the molecule is CC(C)c1cnnc(Nc2ccc3ncc(N4CCC(C#N)C4)cc3n2)c1. The topological polar surface area (TPSA) is 90.6 Å². The Kier molecular flexibility index (Phi) is 4.55. The van der Waals surface area contributed by atoms with Crippen LogP contribution in [-0.4, -0.2) is 33.3 Å². The molecular weight excluding hydrogens is 338 g/mol. The van der Waals surface area contributed by atoms with Crippen LogP contribution in [0.25, 0.3) is 11.0 Å². The molecule has 4 heterocycles. The van der Waals surface area contributed by atoms with Crippen molar-refractivity contribution < 1.29 is 0 Å². The summed E-state index contributed by atoms with van der Waals surface area (Å²) in [6.07, 6.45) is 4.54. The van der Waals surface area contributed by atoms with Crippen molar-refractivity contribution in [1.29, 1.82) is 5.26 Å². The minimum atomic E-state index is 0.0912. The molecule has 7 nitrogen and oxygen atoms in total. The molecule has 1 aliphatic rings. The average molecular weight is 359 g/mol. The first-order valence-corrected chi connectivity index (χ1v) is 9.13. The lowest BCUT2D eigenvalue weighted by molar-refractivity contribution is 0.755. The normalized spacial score (nSPS) is 16.7. The number of nitrogens with zero attached hydrogens (tertiary/aromatic N) is 6. The Morgan fingerprint density at radius 2 is 2.07 bits per heavy atom. The van der Waals surface area contributed by atoms with Crippen LogP contribution < -0.4 is 10.2 Å². The van der Waals surface area contributed by atoms with Crippen molar-refractivity contribution in [3.63, 3.8) is 0 Å². The number of fused-ring (bicyclic) bond motifs is 1. The Morgan fingerprint density at radius 3 is 2.85 bits per heavy atom. The highest BCUT2D eigenvalue weighted by atomic mass is 15.2. The quantitative estimate of drug-likeness (QED) is 0.760. The highest BCUT2D eigenvalue weighted by Crippen LogP contribution is 2.26. The fourth-order valence-electron chi connectivity index (χ4n) is 3.23. The molecule has 0 radical (unpaired) electrons. The fraction of sp³-hybridized carbons (Fsp3) is 0.350. The summed E-state index contributed by atoms with van der Waals surface area (Å²) >= 11 is 0. The van der Waals surface area contributed by atoms with Crippen molar-refractivity contribution in [3.8, 4) is 6.07 Å². The number of pyridine rings is 2. The van der Waals surface area contributed by atoms with Crippen LogP contribution in [0, 0.1) is 17.2 Å². The molecule has 7 heteroatoms. The van der Waals surface area contributed by atoms with E-state index in [1.165, 1.54) is 0 Å². The van der Waals surface area contributed by atoms with Crippen molar-refractivity contribution in [3.05, 3.63) is 42.2 Å². The van der Waals surface area contributed by atoms with Gasteiger partial charge >= 0.3 is 0 Å². The number of hydrogen-bond donors (Lipinski definition) is 1. The van der Waals surface area contributed by atoms with E-state index in [0.29, 0.717) is 17.6 Å². The molecule has 1 atom stereocenters. The maximum Gasteiger partial charge on any atom is 0.154 e. The second-order valence-electron chi connectivity index (χ2n) is 7.14. The van der Waals surface area contributed by atoms with Crippen molar-refractivity contribution in [2.45, 2.75) is 26.2 Å². The first kappa shape index (κ1) is 17.2. The van der Waals surface area contributed by atoms with Gasteiger partial charge in [0.2, 0.25) is 0 Å². The largest absolute Gasteiger partial charge is 0.369 e. The lowest BCUT2D eigenvalue weighted by atomic mass is 10.1. The molecule has 0 aliphatic carbocycles. The summed E-state index contributed by atoms with van der Waals surface area (Å²) in [6.45, 7) is 5.87. The molecule has 4 rings (SSSR count). The van der Waals surface area contributed by atoms with Crippen LogP contribution in [0.4, 0.5) is 17.3 Å². The predicted molar refractivity (Wildman–Crippen MR) is 105 cm³/mol. The third-order valence-electron chi connectivity index (χ3n) is 4.86. The number of nitrogens with one attached hydrogen (secondary N) is 1. The summed E-state index contributed by atoms with van der Waals surface area (Å²) in [6, 6.07) is 10.2. The second-order valence-corrected chi connectivity index (χ2v) is 7.14. The van der Waals surface area contributed by atoms with Crippen LogP contribution in [0.15, 0.2) is 36.7 Å².